The number of nitro benzene ring substituents is 1. The van der Waals surface area contributed by atoms with Gasteiger partial charge in [0.05, 0.1) is 16.4 Å². The lowest BCUT2D eigenvalue weighted by Gasteiger charge is -2.31. The molecule has 9 nitrogen and oxygen atoms in total. The van der Waals surface area contributed by atoms with Crippen molar-refractivity contribution < 1.29 is 18.1 Å². The van der Waals surface area contributed by atoms with Gasteiger partial charge in [-0.05, 0) is 49.2 Å². The molecule has 0 aromatic heterocycles. The Morgan fingerprint density at radius 3 is 2.39 bits per heavy atom. The minimum absolute atomic E-state index is 0.00822. The van der Waals surface area contributed by atoms with E-state index in [0.29, 0.717) is 31.0 Å². The third-order valence-electron chi connectivity index (χ3n) is 4.83. The molecule has 0 bridgehead atoms. The van der Waals surface area contributed by atoms with Crippen molar-refractivity contribution in [3.05, 3.63) is 62.6 Å². The van der Waals surface area contributed by atoms with E-state index in [-0.39, 0.29) is 39.8 Å². The summed E-state index contributed by atoms with van der Waals surface area (Å²) >= 11 is 11.6. The average molecular weight is 487 g/mol. The van der Waals surface area contributed by atoms with Crippen LogP contribution in [0, 0.1) is 10.1 Å². The Kier molecular flexibility index (Phi) is 7.50. The summed E-state index contributed by atoms with van der Waals surface area (Å²) in [6.07, 6.45) is 1.10. The summed E-state index contributed by atoms with van der Waals surface area (Å²) in [5.41, 5.74) is -0.0000346. The van der Waals surface area contributed by atoms with Crippen molar-refractivity contribution in [2.45, 2.75) is 23.8 Å². The molecular weight excluding hydrogens is 467 g/mol. The van der Waals surface area contributed by atoms with E-state index in [2.05, 4.69) is 10.0 Å². The molecule has 1 aliphatic heterocycles. The number of anilines is 1. The number of benzene rings is 2. The van der Waals surface area contributed by atoms with Crippen LogP contribution >= 0.6 is 23.2 Å². The van der Waals surface area contributed by atoms with Gasteiger partial charge in [-0.3, -0.25) is 19.8 Å². The number of likely N-dealkylation sites (tertiary alicyclic amines) is 1. The fraction of sp³-hybridized carbons (Fsp3) is 0.316. The third kappa shape index (κ3) is 6.37. The number of carbonyl (C=O) groups excluding carboxylic acids is 1. The van der Waals surface area contributed by atoms with Crippen LogP contribution in [0.2, 0.25) is 10.0 Å². The van der Waals surface area contributed by atoms with Crippen LogP contribution in [0.15, 0.2) is 47.4 Å². The van der Waals surface area contributed by atoms with Gasteiger partial charge in [0.1, 0.15) is 5.02 Å². The maximum atomic E-state index is 12.5. The molecule has 1 amide bonds. The van der Waals surface area contributed by atoms with Gasteiger partial charge in [0, 0.05) is 35.9 Å². The Morgan fingerprint density at radius 2 is 1.77 bits per heavy atom. The van der Waals surface area contributed by atoms with E-state index in [9.17, 15) is 23.3 Å². The van der Waals surface area contributed by atoms with E-state index < -0.39 is 14.9 Å². The zero-order valence-electron chi connectivity index (χ0n) is 16.3. The van der Waals surface area contributed by atoms with Gasteiger partial charge in [0.15, 0.2) is 0 Å². The zero-order chi connectivity index (χ0) is 22.6. The zero-order valence-corrected chi connectivity index (χ0v) is 18.6. The van der Waals surface area contributed by atoms with Crippen molar-refractivity contribution in [3.8, 4) is 0 Å². The van der Waals surface area contributed by atoms with Crippen molar-refractivity contribution in [2.75, 3.05) is 25.0 Å². The normalized spacial score (nSPS) is 15.5. The standard InChI is InChI=1S/C19H20Cl2N4O5S/c20-13-1-4-16(5-2-13)31(29,30)23-14-7-9-24(10-8-14)12-19(26)22-15-3-6-17(21)18(11-15)25(27)28/h1-6,11,14,23H,7-10,12H2,(H,22,26). The van der Waals surface area contributed by atoms with Gasteiger partial charge in [-0.2, -0.15) is 0 Å². The number of halogens is 2. The first-order valence-corrected chi connectivity index (χ1v) is 11.6. The summed E-state index contributed by atoms with van der Waals surface area (Å²) < 4.78 is 27.7. The predicted octanol–water partition coefficient (Wildman–Crippen LogP) is 3.28. The van der Waals surface area contributed by atoms with Gasteiger partial charge in [0.2, 0.25) is 15.9 Å². The number of sulfonamides is 1. The molecule has 166 valence electrons. The number of amides is 1. The van der Waals surface area contributed by atoms with Gasteiger partial charge in [-0.15, -0.1) is 0 Å². The Morgan fingerprint density at radius 1 is 1.13 bits per heavy atom. The van der Waals surface area contributed by atoms with Crippen molar-refractivity contribution in [3.63, 3.8) is 0 Å². The number of nitro groups is 1. The summed E-state index contributed by atoms with van der Waals surface area (Å²) in [7, 11) is -3.64. The number of carbonyl (C=O) groups is 1. The van der Waals surface area contributed by atoms with Gasteiger partial charge in [-0.1, -0.05) is 23.2 Å². The Bertz CT molecular complexity index is 1070. The fourth-order valence-electron chi connectivity index (χ4n) is 3.24. The van der Waals surface area contributed by atoms with E-state index >= 15 is 0 Å². The first-order valence-electron chi connectivity index (χ1n) is 9.38. The van der Waals surface area contributed by atoms with Crippen LogP contribution in [0.4, 0.5) is 11.4 Å². The van der Waals surface area contributed by atoms with E-state index in [0.717, 1.165) is 0 Å². The quantitative estimate of drug-likeness (QED) is 0.457. The summed E-state index contributed by atoms with van der Waals surface area (Å²) in [4.78, 5) is 24.7. The number of piperidine rings is 1. The van der Waals surface area contributed by atoms with Crippen molar-refractivity contribution in [2.24, 2.45) is 0 Å². The molecule has 1 fully saturated rings. The molecule has 1 heterocycles. The maximum absolute atomic E-state index is 12.5. The second-order valence-electron chi connectivity index (χ2n) is 7.10. The molecular formula is C19H20Cl2N4O5S. The topological polar surface area (TPSA) is 122 Å². The molecule has 31 heavy (non-hydrogen) atoms. The maximum Gasteiger partial charge on any atom is 0.289 e. The Balaban J connectivity index is 1.50. The number of nitrogens with zero attached hydrogens (tertiary/aromatic N) is 2. The van der Waals surface area contributed by atoms with Crippen LogP contribution in [0.1, 0.15) is 12.8 Å². The number of hydrogen-bond donors (Lipinski definition) is 2. The van der Waals surface area contributed by atoms with Crippen LogP contribution < -0.4 is 10.0 Å². The summed E-state index contributed by atoms with van der Waals surface area (Å²) in [5.74, 6) is -0.322. The monoisotopic (exact) mass is 486 g/mol. The molecule has 0 spiro atoms. The van der Waals surface area contributed by atoms with Crippen LogP contribution in [0.25, 0.3) is 0 Å². The molecule has 2 aromatic rings. The molecule has 1 aliphatic rings. The summed E-state index contributed by atoms with van der Waals surface area (Å²) in [5, 5.41) is 14.0. The van der Waals surface area contributed by atoms with Gasteiger partial charge in [-0.25, -0.2) is 13.1 Å². The first kappa shape index (κ1) is 23.4. The highest BCUT2D eigenvalue weighted by atomic mass is 35.5. The second-order valence-corrected chi connectivity index (χ2v) is 9.65. The van der Waals surface area contributed by atoms with Crippen LogP contribution in [-0.2, 0) is 14.8 Å². The SMILES string of the molecule is O=C(CN1CCC(NS(=O)(=O)c2ccc(Cl)cc2)CC1)Nc1ccc(Cl)c([N+](=O)[O-])c1. The lowest BCUT2D eigenvalue weighted by molar-refractivity contribution is -0.384. The number of rotatable bonds is 7. The second kappa shape index (κ2) is 9.92. The van der Waals surface area contributed by atoms with Gasteiger partial charge < -0.3 is 5.32 Å². The third-order valence-corrected chi connectivity index (χ3v) is 6.94. The molecule has 0 atom stereocenters. The van der Waals surface area contributed by atoms with Crippen molar-refractivity contribution in [1.29, 1.82) is 0 Å². The predicted molar refractivity (Wildman–Crippen MR) is 118 cm³/mol. The minimum atomic E-state index is -3.64. The lowest BCUT2D eigenvalue weighted by Crippen LogP contribution is -2.46. The summed E-state index contributed by atoms with van der Waals surface area (Å²) in [6, 6.07) is 9.76. The van der Waals surface area contributed by atoms with E-state index in [1.807, 2.05) is 4.90 Å². The van der Waals surface area contributed by atoms with Gasteiger partial charge >= 0.3 is 0 Å². The molecule has 2 N–H and O–H groups in total. The highest BCUT2D eigenvalue weighted by Crippen LogP contribution is 2.27. The van der Waals surface area contributed by atoms with E-state index in [4.69, 9.17) is 23.2 Å². The molecule has 3 rings (SSSR count). The molecule has 2 aromatic carbocycles. The number of nitrogens with one attached hydrogen (secondary N) is 2. The highest BCUT2D eigenvalue weighted by Gasteiger charge is 2.25. The molecule has 0 aliphatic carbocycles. The van der Waals surface area contributed by atoms with Gasteiger partial charge in [0.25, 0.3) is 5.69 Å². The van der Waals surface area contributed by atoms with Crippen molar-refractivity contribution in [1.82, 2.24) is 9.62 Å². The van der Waals surface area contributed by atoms with Crippen LogP contribution in [-0.4, -0.2) is 49.8 Å². The minimum Gasteiger partial charge on any atom is -0.325 e. The smallest absolute Gasteiger partial charge is 0.289 e. The largest absolute Gasteiger partial charge is 0.325 e. The highest BCUT2D eigenvalue weighted by molar-refractivity contribution is 7.89. The molecule has 0 radical (unpaired) electrons. The molecule has 1 saturated heterocycles. The molecule has 0 unspecified atom stereocenters. The fourth-order valence-corrected chi connectivity index (χ4v) is 4.86. The average Bonchev–Trinajstić information content (AvgIpc) is 2.71. The van der Waals surface area contributed by atoms with Crippen LogP contribution in [0.3, 0.4) is 0 Å². The van der Waals surface area contributed by atoms with Crippen LogP contribution in [0.5, 0.6) is 0 Å². The Labute approximate surface area is 189 Å². The van der Waals surface area contributed by atoms with E-state index in [1.165, 1.54) is 42.5 Å². The Hall–Kier alpha value is -2.24. The molecule has 0 saturated carbocycles. The van der Waals surface area contributed by atoms with E-state index in [1.54, 1.807) is 0 Å². The lowest BCUT2D eigenvalue weighted by atomic mass is 10.1. The number of hydrogen-bond acceptors (Lipinski definition) is 6. The van der Waals surface area contributed by atoms with Crippen molar-refractivity contribution >= 4 is 50.5 Å². The summed E-state index contributed by atoms with van der Waals surface area (Å²) in [6.45, 7) is 1.15. The first-order chi connectivity index (χ1) is 14.6. The molecule has 12 heteroatoms.